The van der Waals surface area contributed by atoms with E-state index >= 15 is 0 Å². The van der Waals surface area contributed by atoms with Crippen molar-refractivity contribution >= 4 is 38.0 Å². The van der Waals surface area contributed by atoms with Crippen LogP contribution in [-0.2, 0) is 8.37 Å². The van der Waals surface area contributed by atoms with Crippen LogP contribution >= 0.6 is 23.8 Å². The highest BCUT2D eigenvalue weighted by atomic mass is 32.2. The van der Waals surface area contributed by atoms with Gasteiger partial charge in [0.05, 0.1) is 17.8 Å². The molecule has 0 aromatic heterocycles. The first-order chi connectivity index (χ1) is 18.2. The predicted molar refractivity (Wildman–Crippen MR) is 158 cm³/mol. The Morgan fingerprint density at radius 3 is 2.67 bits per heavy atom. The van der Waals surface area contributed by atoms with Gasteiger partial charge in [0.2, 0.25) is 14.2 Å². The minimum atomic E-state index is -0.502. The van der Waals surface area contributed by atoms with Crippen LogP contribution < -0.4 is 0 Å². The molecule has 7 heteroatoms. The second kappa shape index (κ2) is 11.6. The molecule has 4 rings (SSSR count). The third kappa shape index (κ3) is 5.10. The zero-order valence-corrected chi connectivity index (χ0v) is 24.6. The van der Waals surface area contributed by atoms with Gasteiger partial charge in [0.25, 0.3) is 0 Å². The molecule has 2 fully saturated rings. The van der Waals surface area contributed by atoms with Crippen LogP contribution in [0.15, 0.2) is 34.9 Å². The summed E-state index contributed by atoms with van der Waals surface area (Å²) in [6.45, 7) is 11.5. The van der Waals surface area contributed by atoms with E-state index in [4.69, 9.17) is 11.0 Å². The Morgan fingerprint density at radius 1 is 1.19 bits per heavy atom. The lowest BCUT2D eigenvalue weighted by Gasteiger charge is -2.57. The second-order valence-corrected chi connectivity index (χ2v) is 13.0. The minimum Gasteiger partial charge on any atom is -0.390 e. The van der Waals surface area contributed by atoms with Gasteiger partial charge in [-0.2, -0.15) is 0 Å². The molecule has 1 N–H and O–H groups in total. The lowest BCUT2D eigenvalue weighted by molar-refractivity contribution is -0.0154. The molecule has 2 radical (unpaired) electrons. The summed E-state index contributed by atoms with van der Waals surface area (Å²) in [6.07, 6.45) is 17.2. The third-order valence-corrected chi connectivity index (χ3v) is 11.5. The first kappa shape index (κ1) is 26.2. The summed E-state index contributed by atoms with van der Waals surface area (Å²) in [5.74, 6) is 1.53. The van der Waals surface area contributed by atoms with Gasteiger partial charge in [-0.15, -0.1) is 0 Å². The van der Waals surface area contributed by atoms with Gasteiger partial charge in [-0.3, -0.25) is 0 Å². The van der Waals surface area contributed by atoms with Gasteiger partial charge in [-0.1, -0.05) is 99.8 Å². The molecule has 0 amide bonds. The highest BCUT2D eigenvalue weighted by molar-refractivity contribution is 8.16. The number of fused-ring (bicyclic) bond motifs is 5. The topological polar surface area (TPSA) is 38.7 Å². The van der Waals surface area contributed by atoms with E-state index in [1.54, 1.807) is 11.1 Å². The maximum absolute atomic E-state index is 10.8. The largest absolute Gasteiger partial charge is 0.390 e. The summed E-state index contributed by atoms with van der Waals surface area (Å²) in [4.78, 5) is 0. The SMILES string of the molecule is [3H][B]SO[C@@H]1CC2=CC=C3C(CC[C@]4(C)C([C@@H](C)CCCC(O)(CC)CC)=CCC34)[C@@]2(C)[C@@H](OS[B][3H])C1. The van der Waals surface area contributed by atoms with Crippen molar-refractivity contribution in [3.05, 3.63) is 34.9 Å². The smallest absolute Gasteiger partial charge is 0.209 e. The molecule has 36 heavy (non-hydrogen) atoms. The van der Waals surface area contributed by atoms with E-state index in [0.717, 1.165) is 81.6 Å². The van der Waals surface area contributed by atoms with E-state index < -0.39 is 5.60 Å². The highest BCUT2D eigenvalue weighted by Gasteiger charge is 2.57. The Labute approximate surface area is 233 Å². The third-order valence-electron chi connectivity index (χ3n) is 10.7. The van der Waals surface area contributed by atoms with Gasteiger partial charge >= 0.3 is 0 Å². The molecule has 0 aromatic rings. The number of allylic oxidation sites excluding steroid dienone is 5. The highest BCUT2D eigenvalue weighted by Crippen LogP contribution is 2.65. The average molecular weight is 532 g/mol. The molecule has 4 aliphatic rings. The zero-order chi connectivity index (χ0) is 27.6. The summed E-state index contributed by atoms with van der Waals surface area (Å²) in [7, 11) is 2.52. The second-order valence-electron chi connectivity index (χ2n) is 12.3. The van der Waals surface area contributed by atoms with Gasteiger partial charge in [0, 0.05) is 11.8 Å². The van der Waals surface area contributed by atoms with Crippen molar-refractivity contribution in [2.24, 2.45) is 28.6 Å². The summed E-state index contributed by atoms with van der Waals surface area (Å²) < 4.78 is 27.1. The number of aliphatic hydroxyl groups is 1. The summed E-state index contributed by atoms with van der Waals surface area (Å²) >= 11 is 2.23. The van der Waals surface area contributed by atoms with Crippen LogP contribution in [0, 0.1) is 28.6 Å². The van der Waals surface area contributed by atoms with E-state index in [1.807, 2.05) is 0 Å². The molecule has 0 spiro atoms. The van der Waals surface area contributed by atoms with Crippen LogP contribution in [0.4, 0.5) is 0 Å². The maximum Gasteiger partial charge on any atom is 0.209 e. The Kier molecular flexibility index (Phi) is 8.42. The molecular weight excluding hydrogens is 482 g/mol. The molecular formula is C29H46B2O3S2. The monoisotopic (exact) mass is 532 g/mol. The minimum absolute atomic E-state index is 0.0136. The zero-order valence-electron chi connectivity index (χ0n) is 24.9. The molecule has 0 heterocycles. The van der Waals surface area contributed by atoms with Crippen LogP contribution in [0.5, 0.6) is 0 Å². The van der Waals surface area contributed by atoms with Gasteiger partial charge in [0.1, 0.15) is 0 Å². The van der Waals surface area contributed by atoms with Crippen molar-refractivity contribution in [3.8, 4) is 0 Å². The van der Waals surface area contributed by atoms with Crippen LogP contribution in [0.1, 0.15) is 98.8 Å². The van der Waals surface area contributed by atoms with Crippen molar-refractivity contribution in [1.29, 1.82) is 2.67 Å². The summed E-state index contributed by atoms with van der Waals surface area (Å²) in [5, 5.41) is 10.8. The van der Waals surface area contributed by atoms with E-state index in [2.05, 4.69) is 52.8 Å². The van der Waals surface area contributed by atoms with E-state index in [-0.39, 0.29) is 23.0 Å². The molecule has 0 aromatic carbocycles. The van der Waals surface area contributed by atoms with Gasteiger partial charge in [-0.05, 0) is 77.2 Å². The Bertz CT molecular complexity index is 927. The molecule has 2 saturated carbocycles. The molecule has 7 atom stereocenters. The molecule has 4 aliphatic carbocycles. The van der Waals surface area contributed by atoms with Crippen LogP contribution in [0.2, 0.25) is 0 Å². The van der Waals surface area contributed by atoms with E-state index in [9.17, 15) is 5.11 Å². The predicted octanol–water partition coefficient (Wildman–Crippen LogP) is 7.07. The van der Waals surface area contributed by atoms with E-state index in [0.29, 0.717) is 17.8 Å². The Hall–Kier alpha value is -0.0701. The molecule has 0 bridgehead atoms. The number of hydrogen-bond donors (Lipinski definition) is 1. The van der Waals surface area contributed by atoms with E-state index in [1.165, 1.54) is 26.2 Å². The fraction of sp³-hybridized carbons (Fsp3) is 0.793. The van der Waals surface area contributed by atoms with Gasteiger partial charge < -0.3 is 13.5 Å². The fourth-order valence-electron chi connectivity index (χ4n) is 8.24. The first-order valence-electron chi connectivity index (χ1n) is 15.2. The number of hydrogen-bond acceptors (Lipinski definition) is 5. The molecule has 3 nitrogen and oxygen atoms in total. The van der Waals surface area contributed by atoms with Crippen molar-refractivity contribution in [2.45, 2.75) is 117 Å². The standard InChI is InChI=1S/C29H46B2O3S2/c1-6-29(32,7-2)15-8-9-19(3)23-12-13-24-22-11-10-20-17-21(33-35-30)18-26(34-36-31)28(20,5)25(22)14-16-27(23,24)4/h10-12,19,21,24-26,30-32H,6-9,13-18H2,1-5H3/t19-,21+,24?,25?,26-,27+,28-/m0/s1/i30T,31T. The summed E-state index contributed by atoms with van der Waals surface area (Å²) in [5.41, 5.74) is 4.23. The fourth-order valence-corrected chi connectivity index (χ4v) is 8.96. The van der Waals surface area contributed by atoms with Crippen molar-refractivity contribution in [2.75, 3.05) is 0 Å². The number of rotatable bonds is 13. The normalized spacial score (nSPS) is 37.3. The lowest BCUT2D eigenvalue weighted by atomic mass is 9.49. The van der Waals surface area contributed by atoms with Crippen LogP contribution in [0.3, 0.4) is 0 Å². The molecule has 0 aliphatic heterocycles. The van der Waals surface area contributed by atoms with Gasteiger partial charge in [-0.25, -0.2) is 0 Å². The molecule has 2 unspecified atom stereocenters. The summed E-state index contributed by atoms with van der Waals surface area (Å²) in [6, 6.07) is 0. The van der Waals surface area contributed by atoms with Crippen molar-refractivity contribution in [3.63, 3.8) is 0 Å². The van der Waals surface area contributed by atoms with Crippen LogP contribution in [0.25, 0.3) is 0 Å². The molecule has 0 saturated heterocycles. The van der Waals surface area contributed by atoms with Crippen LogP contribution in [-0.4, -0.2) is 39.8 Å². The van der Waals surface area contributed by atoms with Crippen molar-refractivity contribution < 1.29 is 13.5 Å². The van der Waals surface area contributed by atoms with Crippen molar-refractivity contribution in [1.82, 2.24) is 0 Å². The lowest BCUT2D eigenvalue weighted by Crippen LogP contribution is -2.52. The Balaban J connectivity index is 1.52. The van der Waals surface area contributed by atoms with Gasteiger partial charge in [0.15, 0.2) is 0 Å². The first-order valence-corrected chi connectivity index (χ1v) is 15.7. The maximum atomic E-state index is 10.8. The molecule has 198 valence electrons. The Morgan fingerprint density at radius 2 is 1.94 bits per heavy atom. The quantitative estimate of drug-likeness (QED) is 0.156. The average Bonchev–Trinajstić information content (AvgIpc) is 3.27.